The van der Waals surface area contributed by atoms with E-state index in [1.165, 1.54) is 4.90 Å². The molecule has 1 atom stereocenters. The molecule has 3 rings (SSSR count). The Morgan fingerprint density at radius 2 is 2.17 bits per heavy atom. The van der Waals surface area contributed by atoms with Gasteiger partial charge in [0, 0.05) is 16.8 Å². The molecule has 5 nitrogen and oxygen atoms in total. The molecular weight excluding hydrogens is 346 g/mol. The molecule has 0 bridgehead atoms. The Balaban J connectivity index is 2.12. The molecule has 0 radical (unpaired) electrons. The summed E-state index contributed by atoms with van der Waals surface area (Å²) in [5.74, 6) is 0.446. The summed E-state index contributed by atoms with van der Waals surface area (Å²) in [6.45, 7) is 1.82. The lowest BCUT2D eigenvalue weighted by atomic mass is 10.0. The van der Waals surface area contributed by atoms with E-state index in [4.69, 9.17) is 11.6 Å². The minimum atomic E-state index is -1.12. The highest BCUT2D eigenvalue weighted by Gasteiger charge is 2.28. The molecule has 0 saturated heterocycles. The normalized spacial score (nSPS) is 15.5. The molecule has 1 aromatic carbocycles. The summed E-state index contributed by atoms with van der Waals surface area (Å²) >= 11 is 5.05. The van der Waals surface area contributed by atoms with Crippen LogP contribution < -0.4 is 4.90 Å². The van der Waals surface area contributed by atoms with Crippen LogP contribution in [0, 0.1) is 0 Å². The Morgan fingerprint density at radius 1 is 1.33 bits per heavy atom. The van der Waals surface area contributed by atoms with Gasteiger partial charge in [0.05, 0.1) is 17.1 Å². The first-order valence-electron chi connectivity index (χ1n) is 7.51. The predicted molar refractivity (Wildman–Crippen MR) is 97.2 cm³/mol. The molecule has 0 fully saturated rings. The highest BCUT2D eigenvalue weighted by Crippen LogP contribution is 2.29. The lowest BCUT2D eigenvalue weighted by Crippen LogP contribution is -2.37. The number of halogens is 1. The predicted octanol–water partition coefficient (Wildman–Crippen LogP) is 2.65. The third kappa shape index (κ3) is 3.45. The second-order valence-corrected chi connectivity index (χ2v) is 7.37. The van der Waals surface area contributed by atoms with Gasteiger partial charge in [0.1, 0.15) is 12.3 Å². The Bertz CT molecular complexity index is 783. The second-order valence-electron chi connectivity index (χ2n) is 5.22. The Kier molecular flexibility index (Phi) is 5.18. The Labute approximate surface area is 148 Å². The smallest absolute Gasteiger partial charge is 0.252 e. The van der Waals surface area contributed by atoms with Crippen LogP contribution >= 0.6 is 11.6 Å². The van der Waals surface area contributed by atoms with Gasteiger partial charge in [0.15, 0.2) is 5.88 Å². The van der Waals surface area contributed by atoms with Crippen molar-refractivity contribution in [3.63, 3.8) is 0 Å². The van der Waals surface area contributed by atoms with Gasteiger partial charge in [-0.15, -0.1) is 0 Å². The van der Waals surface area contributed by atoms with Gasteiger partial charge in [-0.3, -0.25) is 19.7 Å². The van der Waals surface area contributed by atoms with Crippen molar-refractivity contribution in [2.75, 3.05) is 23.1 Å². The van der Waals surface area contributed by atoms with E-state index in [9.17, 15) is 9.35 Å². The Morgan fingerprint density at radius 3 is 2.88 bits per heavy atom. The molecule has 0 N–H and O–H groups in total. The number of benzodiazepines with no additional fused rings is 1. The van der Waals surface area contributed by atoms with Crippen molar-refractivity contribution in [2.24, 2.45) is 4.99 Å². The lowest BCUT2D eigenvalue weighted by Gasteiger charge is -2.23. The van der Waals surface area contributed by atoms with Crippen LogP contribution in [0.1, 0.15) is 18.2 Å². The van der Waals surface area contributed by atoms with Crippen LogP contribution in [0.3, 0.4) is 0 Å². The van der Waals surface area contributed by atoms with Crippen molar-refractivity contribution in [3.05, 3.63) is 58.9 Å². The van der Waals surface area contributed by atoms with E-state index < -0.39 is 11.2 Å². The zero-order valence-corrected chi connectivity index (χ0v) is 14.7. The van der Waals surface area contributed by atoms with Crippen molar-refractivity contribution >= 4 is 40.1 Å². The molecule has 7 heteroatoms. The van der Waals surface area contributed by atoms with Crippen LogP contribution in [0.5, 0.6) is 0 Å². The van der Waals surface area contributed by atoms with Crippen molar-refractivity contribution in [2.45, 2.75) is 6.92 Å². The maximum Gasteiger partial charge on any atom is 0.252 e. The van der Waals surface area contributed by atoms with Crippen molar-refractivity contribution in [1.82, 2.24) is 4.98 Å². The van der Waals surface area contributed by atoms with Gasteiger partial charge < -0.3 is 4.55 Å². The second kappa shape index (κ2) is 7.34. The molecule has 1 aliphatic rings. The number of carbonyl (C=O) groups is 1. The molecule has 124 valence electrons. The van der Waals surface area contributed by atoms with Gasteiger partial charge in [-0.1, -0.05) is 17.7 Å². The van der Waals surface area contributed by atoms with Gasteiger partial charge in [-0.2, -0.15) is 0 Å². The van der Waals surface area contributed by atoms with Gasteiger partial charge in [-0.25, -0.2) is 0 Å². The molecule has 0 spiro atoms. The van der Waals surface area contributed by atoms with Crippen LogP contribution in [-0.2, 0) is 16.0 Å². The van der Waals surface area contributed by atoms with E-state index >= 15 is 0 Å². The van der Waals surface area contributed by atoms with Crippen molar-refractivity contribution in [1.29, 1.82) is 0 Å². The maximum atomic E-state index is 12.5. The standard InChI is InChI=1S/C17H16ClN3O2S/c1-2-24(23)11-21-15-7-6-12(18)9-13(15)17(20-10-16(21)22)14-5-3-4-8-19-14/h3-9H,2,10-11H2,1H3. The first kappa shape index (κ1) is 17.0. The highest BCUT2D eigenvalue weighted by molar-refractivity contribution is 7.91. The molecule has 2 heterocycles. The number of hydrogen-bond donors (Lipinski definition) is 0. The number of fused-ring (bicyclic) bond motifs is 1. The van der Waals surface area contributed by atoms with Gasteiger partial charge >= 0.3 is 0 Å². The zero-order valence-electron chi connectivity index (χ0n) is 13.1. The minimum absolute atomic E-state index is 0.0148. The summed E-state index contributed by atoms with van der Waals surface area (Å²) in [5, 5.41) is 0.545. The number of hydrogen-bond acceptors (Lipinski definition) is 4. The number of pyridine rings is 1. The number of amides is 1. The van der Waals surface area contributed by atoms with Crippen LogP contribution in [0.2, 0.25) is 5.02 Å². The van der Waals surface area contributed by atoms with Crippen LogP contribution in [-0.4, -0.2) is 39.3 Å². The number of aliphatic imine (C=N–C) groups is 1. The van der Waals surface area contributed by atoms with E-state index in [0.29, 0.717) is 27.9 Å². The third-order valence-corrected chi connectivity index (χ3v) is 5.11. The van der Waals surface area contributed by atoms with Gasteiger partial charge in [0.25, 0.3) is 5.91 Å². The molecule has 1 amide bonds. The molecule has 2 aromatic rings. The average molecular weight is 362 g/mol. The molecular formula is C17H16ClN3O2S. The fourth-order valence-electron chi connectivity index (χ4n) is 2.48. The number of anilines is 1. The quantitative estimate of drug-likeness (QED) is 0.786. The number of nitrogens with zero attached hydrogens (tertiary/aromatic N) is 3. The first-order chi connectivity index (χ1) is 11.6. The highest BCUT2D eigenvalue weighted by atomic mass is 35.5. The van der Waals surface area contributed by atoms with E-state index in [1.54, 1.807) is 24.4 Å². The molecule has 1 aliphatic heterocycles. The maximum absolute atomic E-state index is 12.5. The number of carbonyl (C=O) groups excluding carboxylic acids is 1. The lowest BCUT2D eigenvalue weighted by molar-refractivity contribution is -0.117. The van der Waals surface area contributed by atoms with Gasteiger partial charge in [0.2, 0.25) is 0 Å². The fourth-order valence-corrected chi connectivity index (χ4v) is 3.41. The average Bonchev–Trinajstić information content (AvgIpc) is 2.73. The molecule has 0 aliphatic carbocycles. The molecule has 24 heavy (non-hydrogen) atoms. The summed E-state index contributed by atoms with van der Waals surface area (Å²) in [4.78, 5) is 22.8. The monoisotopic (exact) mass is 361 g/mol. The molecule has 0 saturated carbocycles. The summed E-state index contributed by atoms with van der Waals surface area (Å²) in [7, 11) is 0. The summed E-state index contributed by atoms with van der Waals surface area (Å²) in [6, 6.07) is 10.8. The SMILES string of the molecule is CC[S+]([O-])CN1C(=O)CN=C(c2ccccn2)c2cc(Cl)ccc21. The number of aromatic nitrogens is 1. The van der Waals surface area contributed by atoms with Crippen LogP contribution in [0.4, 0.5) is 5.69 Å². The van der Waals surface area contributed by atoms with Gasteiger partial charge in [-0.05, 0) is 48.4 Å². The fraction of sp³-hybridized carbons (Fsp3) is 0.235. The van der Waals surface area contributed by atoms with E-state index in [2.05, 4.69) is 9.98 Å². The largest absolute Gasteiger partial charge is 0.615 e. The zero-order chi connectivity index (χ0) is 17.1. The summed E-state index contributed by atoms with van der Waals surface area (Å²) in [5.41, 5.74) is 2.67. The van der Waals surface area contributed by atoms with E-state index in [-0.39, 0.29) is 18.3 Å². The number of benzene rings is 1. The third-order valence-electron chi connectivity index (χ3n) is 3.68. The van der Waals surface area contributed by atoms with Crippen LogP contribution in [0.15, 0.2) is 47.6 Å². The van der Waals surface area contributed by atoms with Crippen LogP contribution in [0.25, 0.3) is 0 Å². The molecule has 1 aromatic heterocycles. The minimum Gasteiger partial charge on any atom is -0.615 e. The van der Waals surface area contributed by atoms with E-state index in [1.807, 2.05) is 25.1 Å². The Hall–Kier alpha value is -1.89. The molecule has 1 unspecified atom stereocenters. The van der Waals surface area contributed by atoms with E-state index in [0.717, 1.165) is 5.56 Å². The number of rotatable bonds is 4. The first-order valence-corrected chi connectivity index (χ1v) is 9.38. The summed E-state index contributed by atoms with van der Waals surface area (Å²) in [6.07, 6.45) is 1.68. The topological polar surface area (TPSA) is 68.6 Å². The van der Waals surface area contributed by atoms with Crippen molar-refractivity contribution in [3.8, 4) is 0 Å². The summed E-state index contributed by atoms with van der Waals surface area (Å²) < 4.78 is 12.0. The van der Waals surface area contributed by atoms with Crippen molar-refractivity contribution < 1.29 is 9.35 Å².